The van der Waals surface area contributed by atoms with Gasteiger partial charge in [-0.15, -0.1) is 0 Å². The zero-order chi connectivity index (χ0) is 29.2. The minimum absolute atomic E-state index is 0.226. The lowest BCUT2D eigenvalue weighted by atomic mass is 9.82. The molecule has 2 aromatic heterocycles. The number of aliphatic carboxylic acids is 1. The third-order valence-corrected chi connectivity index (χ3v) is 7.78. The summed E-state index contributed by atoms with van der Waals surface area (Å²) in [6.07, 6.45) is 4.29. The van der Waals surface area contributed by atoms with Crippen LogP contribution in [0.5, 0.6) is 5.75 Å². The quantitative estimate of drug-likeness (QED) is 0.301. The molecule has 1 aliphatic rings. The molecule has 0 aliphatic carbocycles. The number of aromatic nitrogens is 2. The van der Waals surface area contributed by atoms with E-state index in [4.69, 9.17) is 26.1 Å². The van der Waals surface area contributed by atoms with Crippen LogP contribution in [0.1, 0.15) is 75.9 Å². The molecule has 0 spiro atoms. The molecular weight excluding hydrogens is 526 g/mol. The van der Waals surface area contributed by atoms with Crippen molar-refractivity contribution in [3.63, 3.8) is 0 Å². The lowest BCUT2D eigenvalue weighted by Gasteiger charge is -2.40. The Labute approximate surface area is 242 Å². The third-order valence-electron chi connectivity index (χ3n) is 7.43. The number of carboxylic acids is 1. The molecule has 1 saturated heterocycles. The van der Waals surface area contributed by atoms with Gasteiger partial charge in [-0.1, -0.05) is 37.6 Å². The second kappa shape index (κ2) is 11.8. The van der Waals surface area contributed by atoms with Gasteiger partial charge in [-0.2, -0.15) is 0 Å². The summed E-state index contributed by atoms with van der Waals surface area (Å²) >= 11 is 6.37. The summed E-state index contributed by atoms with van der Waals surface area (Å²) in [5.41, 5.74) is 5.07. The molecule has 4 rings (SSSR count). The Morgan fingerprint density at radius 1 is 1.10 bits per heavy atom. The maximum absolute atomic E-state index is 12.6. The molecule has 1 aromatic carbocycles. The van der Waals surface area contributed by atoms with Crippen molar-refractivity contribution < 1.29 is 19.4 Å². The van der Waals surface area contributed by atoms with Gasteiger partial charge < -0.3 is 19.5 Å². The van der Waals surface area contributed by atoms with E-state index in [-0.39, 0.29) is 5.41 Å². The Hall–Kier alpha value is -3.16. The molecule has 0 amide bonds. The molecule has 3 aromatic rings. The van der Waals surface area contributed by atoms with E-state index < -0.39 is 17.7 Å². The van der Waals surface area contributed by atoms with Crippen LogP contribution in [0, 0.1) is 19.3 Å². The number of rotatable bonds is 8. The van der Waals surface area contributed by atoms with Crippen molar-refractivity contribution in [3.8, 4) is 17.0 Å². The summed E-state index contributed by atoms with van der Waals surface area (Å²) in [7, 11) is 0. The fourth-order valence-electron chi connectivity index (χ4n) is 5.00. The minimum Gasteiger partial charge on any atom is -0.487 e. The molecule has 8 heteroatoms. The summed E-state index contributed by atoms with van der Waals surface area (Å²) in [6.45, 7) is 15.9. The number of pyridine rings is 2. The van der Waals surface area contributed by atoms with E-state index in [2.05, 4.69) is 23.7 Å². The molecule has 0 radical (unpaired) electrons. The maximum atomic E-state index is 12.6. The van der Waals surface area contributed by atoms with Crippen LogP contribution in [0.4, 0.5) is 5.69 Å². The van der Waals surface area contributed by atoms with Crippen molar-refractivity contribution in [2.24, 2.45) is 5.41 Å². The lowest BCUT2D eigenvalue weighted by Crippen LogP contribution is -2.39. The second-order valence-corrected chi connectivity index (χ2v) is 12.7. The number of anilines is 1. The highest BCUT2D eigenvalue weighted by Crippen LogP contribution is 2.43. The number of aryl methyl sites for hydroxylation is 2. The zero-order valence-corrected chi connectivity index (χ0v) is 25.3. The molecule has 214 valence electrons. The number of carbonyl (C=O) groups is 1. The Bertz CT molecular complexity index is 1340. The van der Waals surface area contributed by atoms with Gasteiger partial charge in [0.2, 0.25) is 0 Å². The van der Waals surface area contributed by atoms with E-state index in [9.17, 15) is 9.90 Å². The number of hydrogen-bond acceptors (Lipinski definition) is 6. The van der Waals surface area contributed by atoms with Gasteiger partial charge in [0.1, 0.15) is 12.4 Å². The van der Waals surface area contributed by atoms with Crippen LogP contribution >= 0.6 is 11.6 Å². The number of hydrogen-bond donors (Lipinski definition) is 1. The van der Waals surface area contributed by atoms with Crippen LogP contribution in [-0.2, 0) is 16.1 Å². The van der Waals surface area contributed by atoms with Crippen LogP contribution in [-0.4, -0.2) is 39.7 Å². The Morgan fingerprint density at radius 2 is 1.80 bits per heavy atom. The highest BCUT2D eigenvalue weighted by molar-refractivity contribution is 6.31. The van der Waals surface area contributed by atoms with Crippen molar-refractivity contribution in [1.82, 2.24) is 9.97 Å². The van der Waals surface area contributed by atoms with Crippen molar-refractivity contribution >= 4 is 23.3 Å². The Morgan fingerprint density at radius 3 is 2.38 bits per heavy atom. The van der Waals surface area contributed by atoms with E-state index in [0.29, 0.717) is 34.3 Å². The minimum atomic E-state index is -1.17. The number of ether oxygens (including phenoxy) is 2. The van der Waals surface area contributed by atoms with Gasteiger partial charge in [-0.3, -0.25) is 9.97 Å². The highest BCUT2D eigenvalue weighted by Gasteiger charge is 2.36. The predicted octanol–water partition coefficient (Wildman–Crippen LogP) is 7.56. The predicted molar refractivity (Wildman–Crippen MR) is 159 cm³/mol. The standard InChI is InChI=1S/C32H40ClN3O4/c1-20-9-8-10-25(33)24(20)19-39-22-11-12-26(35-17-22)23-18-34-21(2)27(29(30(37)38)40-31(3,4)5)28(23)36-15-13-32(6,7)14-16-36/h8-12,17-18,29H,13-16,19H2,1-7H3,(H,37,38). The summed E-state index contributed by atoms with van der Waals surface area (Å²) in [4.78, 5) is 24.2. The Kier molecular flexibility index (Phi) is 8.76. The first kappa shape index (κ1) is 29.8. The number of carboxylic acid groups (broad SMARTS) is 1. The van der Waals surface area contributed by atoms with E-state index >= 15 is 0 Å². The lowest BCUT2D eigenvalue weighted by molar-refractivity contribution is -0.160. The van der Waals surface area contributed by atoms with Crippen molar-refractivity contribution in [1.29, 1.82) is 0 Å². The highest BCUT2D eigenvalue weighted by atomic mass is 35.5. The SMILES string of the molecule is Cc1cccc(Cl)c1COc1ccc(-c2cnc(C)c(C(OC(C)(C)C)C(=O)O)c2N2CCC(C)(C)CC2)nc1. The molecule has 0 saturated carbocycles. The average molecular weight is 566 g/mol. The fraction of sp³-hybridized carbons (Fsp3) is 0.469. The summed E-state index contributed by atoms with van der Waals surface area (Å²) in [5.74, 6) is -0.425. The molecule has 1 aliphatic heterocycles. The van der Waals surface area contributed by atoms with Gasteiger partial charge >= 0.3 is 5.97 Å². The maximum Gasteiger partial charge on any atom is 0.337 e. The zero-order valence-electron chi connectivity index (χ0n) is 24.5. The molecule has 3 heterocycles. The normalized spacial score (nSPS) is 16.1. The van der Waals surface area contributed by atoms with Crippen molar-refractivity contribution in [2.75, 3.05) is 18.0 Å². The van der Waals surface area contributed by atoms with Crippen LogP contribution in [0.2, 0.25) is 5.02 Å². The Balaban J connectivity index is 1.74. The van der Waals surface area contributed by atoms with Crippen LogP contribution in [0.15, 0.2) is 42.7 Å². The van der Waals surface area contributed by atoms with Crippen LogP contribution in [0.25, 0.3) is 11.3 Å². The summed E-state index contributed by atoms with van der Waals surface area (Å²) in [5, 5.41) is 11.0. The van der Waals surface area contributed by atoms with E-state index in [0.717, 1.165) is 48.3 Å². The largest absolute Gasteiger partial charge is 0.487 e. The number of nitrogens with zero attached hydrogens (tertiary/aromatic N) is 3. The van der Waals surface area contributed by atoms with Gasteiger partial charge in [-0.05, 0) is 76.6 Å². The van der Waals surface area contributed by atoms with Gasteiger partial charge in [0, 0.05) is 46.7 Å². The van der Waals surface area contributed by atoms with Gasteiger partial charge in [-0.25, -0.2) is 4.79 Å². The molecule has 1 unspecified atom stereocenters. The third kappa shape index (κ3) is 6.94. The van der Waals surface area contributed by atoms with Crippen LogP contribution < -0.4 is 9.64 Å². The first-order valence-corrected chi connectivity index (χ1v) is 14.1. The van der Waals surface area contributed by atoms with E-state index in [1.165, 1.54) is 0 Å². The van der Waals surface area contributed by atoms with Crippen LogP contribution in [0.3, 0.4) is 0 Å². The smallest absolute Gasteiger partial charge is 0.337 e. The van der Waals surface area contributed by atoms with E-state index in [1.807, 2.05) is 65.0 Å². The first-order valence-electron chi connectivity index (χ1n) is 13.7. The van der Waals surface area contributed by atoms with Gasteiger partial charge in [0.25, 0.3) is 0 Å². The van der Waals surface area contributed by atoms with Gasteiger partial charge in [0.15, 0.2) is 6.10 Å². The number of benzene rings is 1. The van der Waals surface area contributed by atoms with E-state index in [1.54, 1.807) is 12.4 Å². The van der Waals surface area contributed by atoms with Crippen molar-refractivity contribution in [3.05, 3.63) is 70.1 Å². The van der Waals surface area contributed by atoms with Gasteiger partial charge in [0.05, 0.1) is 23.2 Å². The molecule has 1 atom stereocenters. The summed E-state index contributed by atoms with van der Waals surface area (Å²) < 4.78 is 12.1. The molecule has 1 N–H and O–H groups in total. The van der Waals surface area contributed by atoms with Crippen molar-refractivity contribution in [2.45, 2.75) is 79.6 Å². The molecule has 0 bridgehead atoms. The number of halogens is 1. The monoisotopic (exact) mass is 565 g/mol. The first-order chi connectivity index (χ1) is 18.8. The topological polar surface area (TPSA) is 84.8 Å². The second-order valence-electron chi connectivity index (χ2n) is 12.3. The average Bonchev–Trinajstić information content (AvgIpc) is 2.87. The molecule has 7 nitrogen and oxygen atoms in total. The number of piperidine rings is 1. The summed E-state index contributed by atoms with van der Waals surface area (Å²) in [6, 6.07) is 9.54. The fourth-order valence-corrected chi connectivity index (χ4v) is 5.28. The molecule has 1 fully saturated rings. The molecule has 40 heavy (non-hydrogen) atoms. The molecular formula is C32H40ClN3O4.